The summed E-state index contributed by atoms with van der Waals surface area (Å²) >= 11 is 0. The van der Waals surface area contributed by atoms with Crippen LogP contribution < -0.4 is 4.72 Å². The predicted octanol–water partition coefficient (Wildman–Crippen LogP) is 3.36. The van der Waals surface area contributed by atoms with Crippen LogP contribution in [0.1, 0.15) is 37.7 Å². The Labute approximate surface area is 173 Å². The number of carbonyl (C=O) groups is 1. The van der Waals surface area contributed by atoms with Crippen LogP contribution in [0.15, 0.2) is 54.6 Å². The molecule has 0 aliphatic carbocycles. The summed E-state index contributed by atoms with van der Waals surface area (Å²) < 4.78 is 26.7. The maximum atomic E-state index is 12.8. The Hall–Kier alpha value is -2.18. The molecule has 4 rings (SSSR count). The smallest absolute Gasteiger partial charge is 0.223 e. The Morgan fingerprint density at radius 1 is 1.00 bits per heavy atom. The highest BCUT2D eigenvalue weighted by Crippen LogP contribution is 2.33. The molecule has 2 aliphatic rings. The first kappa shape index (κ1) is 20.1. The maximum Gasteiger partial charge on any atom is 0.223 e. The zero-order chi connectivity index (χ0) is 20.4. The van der Waals surface area contributed by atoms with Gasteiger partial charge < -0.3 is 4.90 Å². The molecule has 0 spiro atoms. The molecule has 29 heavy (non-hydrogen) atoms. The highest BCUT2D eigenvalue weighted by Gasteiger charge is 2.42. The standard InChI is InChI=1S/C23H28N2O3S/c1-29(27,28)24-21-14-13-20-11-6-12-23(26)25(20)22(21)16-17-7-5-10-19(15-17)18-8-3-2-4-9-18/h2-5,7-10,15,20-22,24H,6,11-14,16H2,1H3. The highest BCUT2D eigenvalue weighted by atomic mass is 32.2. The van der Waals surface area contributed by atoms with Gasteiger partial charge in [-0.25, -0.2) is 13.1 Å². The van der Waals surface area contributed by atoms with Crippen LogP contribution in [0, 0.1) is 0 Å². The minimum Gasteiger partial charge on any atom is -0.335 e. The summed E-state index contributed by atoms with van der Waals surface area (Å²) in [6, 6.07) is 18.4. The van der Waals surface area contributed by atoms with Crippen LogP contribution in [0.5, 0.6) is 0 Å². The van der Waals surface area contributed by atoms with Crippen molar-refractivity contribution in [3.63, 3.8) is 0 Å². The lowest BCUT2D eigenvalue weighted by atomic mass is 9.83. The summed E-state index contributed by atoms with van der Waals surface area (Å²) in [5.74, 6) is 0.158. The average molecular weight is 413 g/mol. The lowest BCUT2D eigenvalue weighted by Crippen LogP contribution is -2.62. The Morgan fingerprint density at radius 3 is 2.52 bits per heavy atom. The summed E-state index contributed by atoms with van der Waals surface area (Å²) in [6.45, 7) is 0. The molecule has 3 atom stereocenters. The molecular weight excluding hydrogens is 384 g/mol. The molecule has 5 nitrogen and oxygen atoms in total. The van der Waals surface area contributed by atoms with Crippen molar-refractivity contribution in [3.8, 4) is 11.1 Å². The third kappa shape index (κ3) is 4.70. The van der Waals surface area contributed by atoms with Crippen LogP contribution in [0.4, 0.5) is 0 Å². The van der Waals surface area contributed by atoms with Crippen molar-refractivity contribution in [3.05, 3.63) is 60.2 Å². The molecule has 2 aromatic carbocycles. The first-order chi connectivity index (χ1) is 13.9. The topological polar surface area (TPSA) is 66.5 Å². The van der Waals surface area contributed by atoms with Crippen molar-refractivity contribution < 1.29 is 13.2 Å². The molecule has 0 aromatic heterocycles. The number of rotatable bonds is 5. The third-order valence-corrected chi connectivity index (χ3v) is 6.82. The van der Waals surface area contributed by atoms with Crippen LogP contribution in [-0.4, -0.2) is 43.6 Å². The third-order valence-electron chi connectivity index (χ3n) is 6.09. The number of nitrogens with one attached hydrogen (secondary N) is 1. The highest BCUT2D eigenvalue weighted by molar-refractivity contribution is 7.88. The first-order valence-electron chi connectivity index (χ1n) is 10.3. The molecule has 154 valence electrons. The predicted molar refractivity (Wildman–Crippen MR) is 115 cm³/mol. The molecule has 0 bridgehead atoms. The second-order valence-corrected chi connectivity index (χ2v) is 10.0. The average Bonchev–Trinajstić information content (AvgIpc) is 2.70. The minimum absolute atomic E-state index is 0.151. The number of hydrogen-bond donors (Lipinski definition) is 1. The summed E-state index contributed by atoms with van der Waals surface area (Å²) in [6.07, 6.45) is 5.98. The van der Waals surface area contributed by atoms with Gasteiger partial charge in [0.15, 0.2) is 0 Å². The molecule has 1 amide bonds. The summed E-state index contributed by atoms with van der Waals surface area (Å²) in [5, 5.41) is 0. The molecule has 2 aromatic rings. The number of piperidine rings is 2. The molecule has 6 heteroatoms. The molecule has 2 fully saturated rings. The number of carbonyl (C=O) groups excluding carboxylic acids is 1. The van der Waals surface area contributed by atoms with E-state index in [9.17, 15) is 13.2 Å². The van der Waals surface area contributed by atoms with Crippen LogP contribution in [0.25, 0.3) is 11.1 Å². The molecule has 1 N–H and O–H groups in total. The van der Waals surface area contributed by atoms with E-state index in [1.54, 1.807) is 0 Å². The van der Waals surface area contributed by atoms with Crippen molar-refractivity contribution in [1.29, 1.82) is 0 Å². The lowest BCUT2D eigenvalue weighted by molar-refractivity contribution is -0.142. The van der Waals surface area contributed by atoms with Gasteiger partial charge in [0.05, 0.1) is 12.3 Å². The van der Waals surface area contributed by atoms with Crippen LogP contribution in [-0.2, 0) is 21.2 Å². The Morgan fingerprint density at radius 2 is 1.76 bits per heavy atom. The van der Waals surface area contributed by atoms with E-state index >= 15 is 0 Å². The van der Waals surface area contributed by atoms with Gasteiger partial charge in [-0.3, -0.25) is 4.79 Å². The van der Waals surface area contributed by atoms with E-state index in [-0.39, 0.29) is 24.0 Å². The molecule has 2 heterocycles. The molecule has 0 saturated carbocycles. The number of nitrogens with zero attached hydrogens (tertiary/aromatic N) is 1. The monoisotopic (exact) mass is 412 g/mol. The normalized spacial score (nSPS) is 24.9. The second kappa shape index (κ2) is 8.28. The van der Waals surface area contributed by atoms with Crippen LogP contribution in [0.2, 0.25) is 0 Å². The van der Waals surface area contributed by atoms with Crippen molar-refractivity contribution in [1.82, 2.24) is 9.62 Å². The van der Waals surface area contributed by atoms with Gasteiger partial charge in [0.25, 0.3) is 0 Å². The number of sulfonamides is 1. The quantitative estimate of drug-likeness (QED) is 0.819. The lowest BCUT2D eigenvalue weighted by Gasteiger charge is -2.48. The minimum atomic E-state index is -3.34. The summed E-state index contributed by atoms with van der Waals surface area (Å²) in [5.41, 5.74) is 3.40. The van der Waals surface area contributed by atoms with Crippen molar-refractivity contribution in [2.75, 3.05) is 6.26 Å². The largest absolute Gasteiger partial charge is 0.335 e. The fourth-order valence-electron chi connectivity index (χ4n) is 4.86. The van der Waals surface area contributed by atoms with Gasteiger partial charge in [0.2, 0.25) is 15.9 Å². The second-order valence-electron chi connectivity index (χ2n) is 8.26. The van der Waals surface area contributed by atoms with Gasteiger partial charge in [-0.1, -0.05) is 54.6 Å². The van der Waals surface area contributed by atoms with E-state index in [0.717, 1.165) is 42.4 Å². The maximum absolute atomic E-state index is 12.8. The van der Waals surface area contributed by atoms with Gasteiger partial charge in [-0.15, -0.1) is 0 Å². The Bertz CT molecular complexity index is 975. The van der Waals surface area contributed by atoms with E-state index in [0.29, 0.717) is 12.8 Å². The van der Waals surface area contributed by atoms with E-state index in [1.807, 2.05) is 29.2 Å². The van der Waals surface area contributed by atoms with Gasteiger partial charge in [-0.05, 0) is 48.8 Å². The fourth-order valence-corrected chi connectivity index (χ4v) is 5.69. The summed E-state index contributed by atoms with van der Waals surface area (Å²) in [7, 11) is -3.34. The first-order valence-corrected chi connectivity index (χ1v) is 12.2. The number of hydrogen-bond acceptors (Lipinski definition) is 3. The molecule has 2 aliphatic heterocycles. The zero-order valence-corrected chi connectivity index (χ0v) is 17.6. The van der Waals surface area contributed by atoms with Crippen molar-refractivity contribution in [2.24, 2.45) is 0 Å². The van der Waals surface area contributed by atoms with Gasteiger partial charge in [-0.2, -0.15) is 0 Å². The number of benzene rings is 2. The molecule has 3 unspecified atom stereocenters. The molecular formula is C23H28N2O3S. The zero-order valence-electron chi connectivity index (χ0n) is 16.8. The van der Waals surface area contributed by atoms with E-state index in [4.69, 9.17) is 0 Å². The fraction of sp³-hybridized carbons (Fsp3) is 0.435. The molecule has 0 radical (unpaired) electrons. The van der Waals surface area contributed by atoms with Gasteiger partial charge in [0.1, 0.15) is 0 Å². The van der Waals surface area contributed by atoms with Crippen LogP contribution in [0.3, 0.4) is 0 Å². The Kier molecular flexibility index (Phi) is 5.74. The van der Waals surface area contributed by atoms with Gasteiger partial charge in [0, 0.05) is 18.5 Å². The molecule has 2 saturated heterocycles. The summed E-state index contributed by atoms with van der Waals surface area (Å²) in [4.78, 5) is 14.8. The van der Waals surface area contributed by atoms with E-state index in [1.165, 1.54) is 6.26 Å². The van der Waals surface area contributed by atoms with Gasteiger partial charge >= 0.3 is 0 Å². The number of amides is 1. The number of fused-ring (bicyclic) bond motifs is 1. The van der Waals surface area contributed by atoms with Crippen molar-refractivity contribution in [2.45, 2.75) is 56.7 Å². The SMILES string of the molecule is CS(=O)(=O)NC1CCC2CCCC(=O)N2C1Cc1cccc(-c2ccccc2)c1. The Balaban J connectivity index is 1.64. The van der Waals surface area contributed by atoms with E-state index < -0.39 is 10.0 Å². The van der Waals surface area contributed by atoms with Crippen LogP contribution >= 0.6 is 0 Å². The van der Waals surface area contributed by atoms with E-state index in [2.05, 4.69) is 35.1 Å². The van der Waals surface area contributed by atoms with Crippen molar-refractivity contribution >= 4 is 15.9 Å².